The van der Waals surface area contributed by atoms with Crippen molar-refractivity contribution in [1.82, 2.24) is 14.5 Å². The van der Waals surface area contributed by atoms with Gasteiger partial charge in [-0.05, 0) is 67.9 Å². The summed E-state index contributed by atoms with van der Waals surface area (Å²) in [5, 5.41) is 3.83. The first kappa shape index (κ1) is 18.8. The Bertz CT molecular complexity index is 1310. The average Bonchev–Trinajstić information content (AvgIpc) is 2.70. The number of hydrogen-bond donors (Lipinski definition) is 1. The molecule has 0 aliphatic rings. The summed E-state index contributed by atoms with van der Waals surface area (Å²) >= 11 is 5.96. The standard InChI is InChI=1S/C22H17ClN4O2/c1-13-11-17(27-14(2)25-20-18(22(27)29)7-4-10-24-20)8-9-19(13)26-21(28)15-5-3-6-16(23)12-15/h3-12H,1-2H3,(H,26,28). The molecule has 29 heavy (non-hydrogen) atoms. The van der Waals surface area contributed by atoms with Crippen LogP contribution in [0.25, 0.3) is 16.7 Å². The molecule has 6 nitrogen and oxygen atoms in total. The first-order valence-corrected chi connectivity index (χ1v) is 9.34. The largest absolute Gasteiger partial charge is 0.322 e. The molecule has 0 aliphatic heterocycles. The van der Waals surface area contributed by atoms with Crippen LogP contribution in [0.15, 0.2) is 65.6 Å². The van der Waals surface area contributed by atoms with Crippen LogP contribution in [0.1, 0.15) is 21.7 Å². The van der Waals surface area contributed by atoms with Crippen LogP contribution < -0.4 is 10.9 Å². The maximum atomic E-state index is 12.9. The van der Waals surface area contributed by atoms with Crippen molar-refractivity contribution in [3.63, 3.8) is 0 Å². The SMILES string of the molecule is Cc1cc(-n2c(C)nc3ncccc3c2=O)ccc1NC(=O)c1cccc(Cl)c1. The number of amides is 1. The molecule has 0 unspecified atom stereocenters. The molecule has 0 radical (unpaired) electrons. The molecule has 4 rings (SSSR count). The Balaban J connectivity index is 1.70. The number of nitrogens with zero attached hydrogens (tertiary/aromatic N) is 3. The fraction of sp³-hybridized carbons (Fsp3) is 0.0909. The summed E-state index contributed by atoms with van der Waals surface area (Å²) in [6, 6.07) is 15.6. The van der Waals surface area contributed by atoms with E-state index in [2.05, 4.69) is 15.3 Å². The normalized spacial score (nSPS) is 10.9. The molecule has 0 aliphatic carbocycles. The quantitative estimate of drug-likeness (QED) is 0.552. The lowest BCUT2D eigenvalue weighted by molar-refractivity contribution is 0.102. The van der Waals surface area contributed by atoms with E-state index in [9.17, 15) is 9.59 Å². The van der Waals surface area contributed by atoms with Gasteiger partial charge in [-0.25, -0.2) is 9.97 Å². The molecular formula is C22H17ClN4O2. The lowest BCUT2D eigenvalue weighted by Gasteiger charge is -2.14. The minimum atomic E-state index is -0.254. The van der Waals surface area contributed by atoms with Gasteiger partial charge in [0.2, 0.25) is 0 Å². The summed E-state index contributed by atoms with van der Waals surface area (Å²) in [6.45, 7) is 3.63. The molecule has 1 N–H and O–H groups in total. The Morgan fingerprint density at radius 2 is 1.90 bits per heavy atom. The predicted molar refractivity (Wildman–Crippen MR) is 114 cm³/mol. The number of nitrogens with one attached hydrogen (secondary N) is 1. The molecule has 0 fully saturated rings. The van der Waals surface area contributed by atoms with Crippen molar-refractivity contribution in [2.45, 2.75) is 13.8 Å². The summed E-state index contributed by atoms with van der Waals surface area (Å²) in [7, 11) is 0. The monoisotopic (exact) mass is 404 g/mol. The Kier molecular flexibility index (Phi) is 4.86. The van der Waals surface area contributed by atoms with Gasteiger partial charge in [-0.15, -0.1) is 0 Å². The fourth-order valence-corrected chi connectivity index (χ4v) is 3.37. The van der Waals surface area contributed by atoms with Crippen molar-refractivity contribution in [3.05, 3.63) is 93.1 Å². The average molecular weight is 405 g/mol. The molecule has 2 heterocycles. The molecule has 0 atom stereocenters. The Morgan fingerprint density at radius 3 is 2.66 bits per heavy atom. The van der Waals surface area contributed by atoms with Gasteiger partial charge in [0, 0.05) is 22.5 Å². The Labute approximate surface area is 171 Å². The zero-order chi connectivity index (χ0) is 20.5. The molecule has 144 valence electrons. The molecule has 0 saturated heterocycles. The fourth-order valence-electron chi connectivity index (χ4n) is 3.18. The summed E-state index contributed by atoms with van der Waals surface area (Å²) in [5.41, 5.74) is 2.85. The second-order valence-corrected chi connectivity index (χ2v) is 7.07. The highest BCUT2D eigenvalue weighted by Crippen LogP contribution is 2.21. The van der Waals surface area contributed by atoms with Crippen LogP contribution in [0.5, 0.6) is 0 Å². The van der Waals surface area contributed by atoms with Crippen LogP contribution >= 0.6 is 11.6 Å². The van der Waals surface area contributed by atoms with Gasteiger partial charge < -0.3 is 5.32 Å². The van der Waals surface area contributed by atoms with Crippen LogP contribution in [0.3, 0.4) is 0 Å². The van der Waals surface area contributed by atoms with E-state index >= 15 is 0 Å². The minimum absolute atomic E-state index is 0.185. The van der Waals surface area contributed by atoms with Gasteiger partial charge in [-0.3, -0.25) is 14.2 Å². The maximum absolute atomic E-state index is 12.9. The summed E-state index contributed by atoms with van der Waals surface area (Å²) in [6.07, 6.45) is 1.61. The Morgan fingerprint density at radius 1 is 1.07 bits per heavy atom. The first-order chi connectivity index (χ1) is 13.9. The number of carbonyl (C=O) groups excluding carboxylic acids is 1. The molecule has 4 aromatic rings. The van der Waals surface area contributed by atoms with E-state index in [1.165, 1.54) is 0 Å². The smallest absolute Gasteiger partial charge is 0.267 e. The number of carbonyl (C=O) groups is 1. The highest BCUT2D eigenvalue weighted by molar-refractivity contribution is 6.31. The summed E-state index contributed by atoms with van der Waals surface area (Å²) < 4.78 is 1.54. The van der Waals surface area contributed by atoms with Gasteiger partial charge in [0.15, 0.2) is 5.65 Å². The molecule has 2 aromatic heterocycles. The summed E-state index contributed by atoms with van der Waals surface area (Å²) in [5.74, 6) is 0.284. The van der Waals surface area contributed by atoms with Crippen molar-refractivity contribution in [2.24, 2.45) is 0 Å². The number of hydrogen-bond acceptors (Lipinski definition) is 4. The van der Waals surface area contributed by atoms with Gasteiger partial charge in [-0.1, -0.05) is 17.7 Å². The molecule has 0 spiro atoms. The zero-order valence-corrected chi connectivity index (χ0v) is 16.6. The van der Waals surface area contributed by atoms with Crippen LogP contribution in [-0.2, 0) is 0 Å². The van der Waals surface area contributed by atoms with Crippen LogP contribution in [0, 0.1) is 13.8 Å². The van der Waals surface area contributed by atoms with Gasteiger partial charge in [0.05, 0.1) is 11.1 Å². The number of pyridine rings is 1. The van der Waals surface area contributed by atoms with Gasteiger partial charge in [-0.2, -0.15) is 0 Å². The number of rotatable bonds is 3. The van der Waals surface area contributed by atoms with Crippen LogP contribution in [0.4, 0.5) is 5.69 Å². The molecule has 0 saturated carbocycles. The number of aromatic nitrogens is 3. The highest BCUT2D eigenvalue weighted by Gasteiger charge is 2.13. The molecule has 7 heteroatoms. The molecule has 2 aromatic carbocycles. The Hall–Kier alpha value is -3.51. The number of aryl methyl sites for hydroxylation is 2. The topological polar surface area (TPSA) is 76.9 Å². The van der Waals surface area contributed by atoms with Crippen LogP contribution in [0.2, 0.25) is 5.02 Å². The second kappa shape index (κ2) is 7.48. The van der Waals surface area contributed by atoms with E-state index in [0.717, 1.165) is 5.56 Å². The predicted octanol–water partition coefficient (Wildman–Crippen LogP) is 4.30. The maximum Gasteiger partial charge on any atom is 0.267 e. The summed E-state index contributed by atoms with van der Waals surface area (Å²) in [4.78, 5) is 34.0. The minimum Gasteiger partial charge on any atom is -0.322 e. The van der Waals surface area contributed by atoms with E-state index in [4.69, 9.17) is 11.6 Å². The third-order valence-electron chi connectivity index (χ3n) is 4.61. The number of fused-ring (bicyclic) bond motifs is 1. The lowest BCUT2D eigenvalue weighted by atomic mass is 10.1. The third kappa shape index (κ3) is 3.62. The van der Waals surface area contributed by atoms with E-state index in [1.54, 1.807) is 66.2 Å². The third-order valence-corrected chi connectivity index (χ3v) is 4.85. The number of anilines is 1. The van der Waals surface area contributed by atoms with Gasteiger partial charge in [0.25, 0.3) is 11.5 Å². The zero-order valence-electron chi connectivity index (χ0n) is 15.8. The van der Waals surface area contributed by atoms with Crippen molar-refractivity contribution >= 4 is 34.2 Å². The van der Waals surface area contributed by atoms with Crippen molar-refractivity contribution in [3.8, 4) is 5.69 Å². The van der Waals surface area contributed by atoms with E-state index in [0.29, 0.717) is 38.8 Å². The van der Waals surface area contributed by atoms with E-state index in [-0.39, 0.29) is 11.5 Å². The molecular weight excluding hydrogens is 388 g/mol. The van der Waals surface area contributed by atoms with Crippen LogP contribution in [-0.4, -0.2) is 20.4 Å². The number of benzene rings is 2. The molecule has 1 amide bonds. The first-order valence-electron chi connectivity index (χ1n) is 8.96. The van der Waals surface area contributed by atoms with Gasteiger partial charge in [0.1, 0.15) is 5.82 Å². The highest BCUT2D eigenvalue weighted by atomic mass is 35.5. The number of halogens is 1. The second-order valence-electron chi connectivity index (χ2n) is 6.64. The van der Waals surface area contributed by atoms with Crippen molar-refractivity contribution < 1.29 is 4.79 Å². The molecule has 0 bridgehead atoms. The lowest BCUT2D eigenvalue weighted by Crippen LogP contribution is -2.23. The van der Waals surface area contributed by atoms with Crippen molar-refractivity contribution in [1.29, 1.82) is 0 Å². The van der Waals surface area contributed by atoms with E-state index in [1.807, 2.05) is 13.0 Å². The van der Waals surface area contributed by atoms with Crippen molar-refractivity contribution in [2.75, 3.05) is 5.32 Å². The van der Waals surface area contributed by atoms with E-state index < -0.39 is 0 Å². The van der Waals surface area contributed by atoms with Gasteiger partial charge >= 0.3 is 0 Å².